The number of thiazole rings is 1. The third kappa shape index (κ3) is 4.36. The Morgan fingerprint density at radius 3 is 2.54 bits per heavy atom. The molecule has 0 aliphatic heterocycles. The molecular weight excluding hydrogens is 379 g/mol. The SMILES string of the molecule is CC(C)Oc1nc(C(F)(F)F)c(C(=O)Nc2ccc([N+](=O)[O-])c(N)n2)s1. The van der Waals surface area contributed by atoms with Gasteiger partial charge in [0.2, 0.25) is 5.82 Å². The number of carbonyl (C=O) groups excluding carboxylic acids is 1. The highest BCUT2D eigenvalue weighted by Gasteiger charge is 2.40. The Labute approximate surface area is 148 Å². The van der Waals surface area contributed by atoms with Crippen molar-refractivity contribution in [2.24, 2.45) is 0 Å². The number of aromatic nitrogens is 2. The number of nitrogens with one attached hydrogen (secondary N) is 1. The largest absolute Gasteiger partial charge is 0.467 e. The molecule has 0 unspecified atom stereocenters. The van der Waals surface area contributed by atoms with Crippen molar-refractivity contribution < 1.29 is 27.6 Å². The summed E-state index contributed by atoms with van der Waals surface area (Å²) < 4.78 is 44.4. The fraction of sp³-hybridized carbons (Fsp3) is 0.308. The maximum absolute atomic E-state index is 13.1. The highest BCUT2D eigenvalue weighted by molar-refractivity contribution is 7.15. The van der Waals surface area contributed by atoms with E-state index in [1.54, 1.807) is 13.8 Å². The van der Waals surface area contributed by atoms with Crippen molar-refractivity contribution >= 4 is 34.6 Å². The van der Waals surface area contributed by atoms with Crippen molar-refractivity contribution in [2.45, 2.75) is 26.1 Å². The predicted molar refractivity (Wildman–Crippen MR) is 86.1 cm³/mol. The molecule has 3 N–H and O–H groups in total. The molecule has 0 atom stereocenters. The standard InChI is InChI=1S/C13H12F3N5O4S/c1-5(2)25-12-20-9(13(14,15)16)8(26-12)11(22)19-7-4-3-6(21(23)24)10(17)18-7/h3-5H,1-2H3,(H3,17,18,19,22). The van der Waals surface area contributed by atoms with Gasteiger partial charge in [0.25, 0.3) is 11.1 Å². The Morgan fingerprint density at radius 2 is 2.04 bits per heavy atom. The lowest BCUT2D eigenvalue weighted by Gasteiger charge is -2.07. The van der Waals surface area contributed by atoms with E-state index in [9.17, 15) is 28.1 Å². The van der Waals surface area contributed by atoms with Crippen LogP contribution in [0.4, 0.5) is 30.5 Å². The summed E-state index contributed by atoms with van der Waals surface area (Å²) in [6.07, 6.45) is -5.31. The van der Waals surface area contributed by atoms with Crippen molar-refractivity contribution in [1.82, 2.24) is 9.97 Å². The first-order valence-corrected chi connectivity index (χ1v) is 7.77. The third-order valence-corrected chi connectivity index (χ3v) is 3.70. The zero-order chi connectivity index (χ0) is 19.6. The highest BCUT2D eigenvalue weighted by Crippen LogP contribution is 2.37. The van der Waals surface area contributed by atoms with Gasteiger partial charge >= 0.3 is 11.9 Å². The fourth-order valence-electron chi connectivity index (χ4n) is 1.76. The Balaban J connectivity index is 2.33. The van der Waals surface area contributed by atoms with Crippen molar-refractivity contribution in [3.63, 3.8) is 0 Å². The van der Waals surface area contributed by atoms with E-state index in [0.717, 1.165) is 12.1 Å². The first kappa shape index (κ1) is 19.4. The number of hydrogen-bond acceptors (Lipinski definition) is 8. The van der Waals surface area contributed by atoms with Crippen LogP contribution in [-0.4, -0.2) is 26.9 Å². The van der Waals surface area contributed by atoms with Crippen LogP contribution in [0.25, 0.3) is 0 Å². The Kier molecular flexibility index (Phi) is 5.30. The number of nitrogen functional groups attached to an aromatic ring is 1. The van der Waals surface area contributed by atoms with Crippen LogP contribution in [0.2, 0.25) is 0 Å². The van der Waals surface area contributed by atoms with Gasteiger partial charge in [-0.2, -0.15) is 18.2 Å². The average Bonchev–Trinajstić information content (AvgIpc) is 2.90. The number of amides is 1. The molecule has 26 heavy (non-hydrogen) atoms. The highest BCUT2D eigenvalue weighted by atomic mass is 32.1. The molecule has 0 radical (unpaired) electrons. The van der Waals surface area contributed by atoms with Gasteiger partial charge < -0.3 is 15.8 Å². The number of nitrogens with two attached hydrogens (primary N) is 1. The molecule has 0 bridgehead atoms. The van der Waals surface area contributed by atoms with Gasteiger partial charge in [-0.3, -0.25) is 14.9 Å². The molecule has 1 amide bonds. The van der Waals surface area contributed by atoms with Crippen molar-refractivity contribution in [1.29, 1.82) is 0 Å². The number of halogens is 3. The Morgan fingerprint density at radius 1 is 1.38 bits per heavy atom. The van der Waals surface area contributed by atoms with E-state index in [4.69, 9.17) is 10.5 Å². The van der Waals surface area contributed by atoms with Gasteiger partial charge in [0.05, 0.1) is 11.0 Å². The summed E-state index contributed by atoms with van der Waals surface area (Å²) in [5.41, 5.74) is 3.49. The summed E-state index contributed by atoms with van der Waals surface area (Å²) in [7, 11) is 0. The van der Waals surface area contributed by atoms with Crippen molar-refractivity contribution in [2.75, 3.05) is 11.1 Å². The van der Waals surface area contributed by atoms with E-state index >= 15 is 0 Å². The Hall–Kier alpha value is -2.96. The van der Waals surface area contributed by atoms with E-state index in [0.29, 0.717) is 11.3 Å². The number of nitrogens with zero attached hydrogens (tertiary/aromatic N) is 3. The zero-order valence-corrected chi connectivity index (χ0v) is 14.1. The molecule has 0 saturated heterocycles. The van der Waals surface area contributed by atoms with Crippen molar-refractivity contribution in [3.05, 3.63) is 32.8 Å². The normalized spacial score (nSPS) is 11.5. The van der Waals surface area contributed by atoms with E-state index in [2.05, 4.69) is 15.3 Å². The molecule has 2 heterocycles. The minimum Gasteiger partial charge on any atom is -0.467 e. The van der Waals surface area contributed by atoms with Crippen LogP contribution in [0.15, 0.2) is 12.1 Å². The average molecular weight is 391 g/mol. The van der Waals surface area contributed by atoms with Gasteiger partial charge in [0, 0.05) is 6.07 Å². The molecule has 0 saturated carbocycles. The number of ether oxygens (including phenoxy) is 1. The molecular formula is C13H12F3N5O4S. The van der Waals surface area contributed by atoms with Crippen LogP contribution in [0.1, 0.15) is 29.2 Å². The van der Waals surface area contributed by atoms with Crippen LogP contribution < -0.4 is 15.8 Å². The third-order valence-electron chi connectivity index (χ3n) is 2.76. The quantitative estimate of drug-likeness (QED) is 0.591. The summed E-state index contributed by atoms with van der Waals surface area (Å²) in [5.74, 6) is -1.88. The number of rotatable bonds is 5. The number of hydrogen-bond donors (Lipinski definition) is 2. The molecule has 2 aromatic heterocycles. The summed E-state index contributed by atoms with van der Waals surface area (Å²) in [5, 5.41) is 12.5. The molecule has 2 rings (SSSR count). The predicted octanol–water partition coefficient (Wildman–Crippen LogP) is 3.09. The van der Waals surface area contributed by atoms with E-state index in [1.807, 2.05) is 0 Å². The van der Waals surface area contributed by atoms with Crippen LogP contribution >= 0.6 is 11.3 Å². The fourth-order valence-corrected chi connectivity index (χ4v) is 2.72. The first-order chi connectivity index (χ1) is 12.0. The lowest BCUT2D eigenvalue weighted by molar-refractivity contribution is -0.384. The van der Waals surface area contributed by atoms with E-state index < -0.39 is 45.2 Å². The number of nitro groups is 1. The monoisotopic (exact) mass is 391 g/mol. The van der Waals surface area contributed by atoms with Gasteiger partial charge in [-0.1, -0.05) is 11.3 Å². The molecule has 0 aliphatic rings. The molecule has 13 heteroatoms. The molecule has 0 aliphatic carbocycles. The number of anilines is 2. The minimum absolute atomic E-state index is 0.244. The van der Waals surface area contributed by atoms with Crippen LogP contribution in [0.5, 0.6) is 5.19 Å². The van der Waals surface area contributed by atoms with Gasteiger partial charge in [-0.05, 0) is 19.9 Å². The van der Waals surface area contributed by atoms with E-state index in [-0.39, 0.29) is 11.0 Å². The second-order valence-corrected chi connectivity index (χ2v) is 6.10. The number of pyridine rings is 1. The van der Waals surface area contributed by atoms with E-state index in [1.165, 1.54) is 0 Å². The molecule has 0 aromatic carbocycles. The van der Waals surface area contributed by atoms with Crippen molar-refractivity contribution in [3.8, 4) is 5.19 Å². The van der Waals surface area contributed by atoms with Crippen LogP contribution in [-0.2, 0) is 6.18 Å². The molecule has 9 nitrogen and oxygen atoms in total. The van der Waals surface area contributed by atoms with Crippen LogP contribution in [0.3, 0.4) is 0 Å². The summed E-state index contributed by atoms with van der Waals surface area (Å²) in [6, 6.07) is 2.02. The topological polar surface area (TPSA) is 133 Å². The summed E-state index contributed by atoms with van der Waals surface area (Å²) in [4.78, 5) is 28.3. The second-order valence-electron chi connectivity index (χ2n) is 5.13. The maximum Gasteiger partial charge on any atom is 0.435 e. The number of alkyl halides is 3. The smallest absolute Gasteiger partial charge is 0.435 e. The minimum atomic E-state index is -4.87. The number of carbonyl (C=O) groups is 1. The van der Waals surface area contributed by atoms with Crippen LogP contribution in [0, 0.1) is 10.1 Å². The second kappa shape index (κ2) is 7.11. The lowest BCUT2D eigenvalue weighted by atomic mass is 10.3. The maximum atomic E-state index is 13.1. The first-order valence-electron chi connectivity index (χ1n) is 6.96. The van der Waals surface area contributed by atoms with Gasteiger partial charge in [0.1, 0.15) is 10.7 Å². The summed E-state index contributed by atoms with van der Waals surface area (Å²) >= 11 is 0.422. The van der Waals surface area contributed by atoms with Gasteiger partial charge in [-0.25, -0.2) is 4.98 Å². The molecule has 2 aromatic rings. The molecule has 0 spiro atoms. The van der Waals surface area contributed by atoms with Gasteiger partial charge in [0.15, 0.2) is 5.69 Å². The molecule has 0 fully saturated rings. The molecule has 140 valence electrons. The summed E-state index contributed by atoms with van der Waals surface area (Å²) in [6.45, 7) is 3.19. The zero-order valence-electron chi connectivity index (χ0n) is 13.3. The van der Waals surface area contributed by atoms with Gasteiger partial charge in [-0.15, -0.1) is 0 Å². The Bertz CT molecular complexity index is 853. The lowest BCUT2D eigenvalue weighted by Crippen LogP contribution is -2.18.